The molecule has 2 aromatic heterocycles. The van der Waals surface area contributed by atoms with Crippen molar-refractivity contribution >= 4 is 28.4 Å². The van der Waals surface area contributed by atoms with E-state index in [1.54, 1.807) is 18.5 Å². The standard InChI is InChI=1S/C16H11IN2O2/c17-11-4-1-3-10-13-8-18-9-19(13)12(16(10)11)7-14(20)15-5-2-6-21-15/h1-6,8-9,12H,7H2. The van der Waals surface area contributed by atoms with Gasteiger partial charge < -0.3 is 8.98 Å². The Balaban J connectivity index is 1.78. The number of benzene rings is 1. The molecule has 104 valence electrons. The Bertz CT molecular complexity index is 821. The molecule has 0 bridgehead atoms. The lowest BCUT2D eigenvalue weighted by molar-refractivity contribution is 0.0943. The summed E-state index contributed by atoms with van der Waals surface area (Å²) in [4.78, 5) is 16.6. The first-order chi connectivity index (χ1) is 10.3. The van der Waals surface area contributed by atoms with Crippen LogP contribution in [0.2, 0.25) is 0 Å². The molecule has 4 nitrogen and oxygen atoms in total. The third-order valence-electron chi connectivity index (χ3n) is 3.84. The minimum atomic E-state index is -0.0109. The molecule has 0 saturated heterocycles. The van der Waals surface area contributed by atoms with Crippen LogP contribution in [0, 0.1) is 3.57 Å². The van der Waals surface area contributed by atoms with Gasteiger partial charge in [0.25, 0.3) is 0 Å². The molecule has 1 aliphatic heterocycles. The fraction of sp³-hybridized carbons (Fsp3) is 0.125. The molecular formula is C16H11IN2O2. The van der Waals surface area contributed by atoms with Crippen LogP contribution in [0.1, 0.15) is 28.6 Å². The number of halogens is 1. The monoisotopic (exact) mass is 390 g/mol. The van der Waals surface area contributed by atoms with Crippen molar-refractivity contribution in [1.29, 1.82) is 0 Å². The summed E-state index contributed by atoms with van der Waals surface area (Å²) in [6.45, 7) is 0. The number of rotatable bonds is 3. The molecule has 3 aromatic rings. The fourth-order valence-corrected chi connectivity index (χ4v) is 3.77. The summed E-state index contributed by atoms with van der Waals surface area (Å²) in [5.74, 6) is 0.424. The molecule has 0 fully saturated rings. The zero-order chi connectivity index (χ0) is 14.4. The number of imidazole rings is 1. The lowest BCUT2D eigenvalue weighted by atomic mass is 9.98. The van der Waals surface area contributed by atoms with E-state index in [4.69, 9.17) is 4.42 Å². The molecule has 0 saturated carbocycles. The van der Waals surface area contributed by atoms with Crippen LogP contribution in [0.25, 0.3) is 11.3 Å². The van der Waals surface area contributed by atoms with Crippen molar-refractivity contribution in [1.82, 2.24) is 9.55 Å². The van der Waals surface area contributed by atoms with E-state index in [1.807, 2.05) is 12.3 Å². The van der Waals surface area contributed by atoms with Gasteiger partial charge in [-0.05, 0) is 46.4 Å². The van der Waals surface area contributed by atoms with Crippen LogP contribution in [0.5, 0.6) is 0 Å². The van der Waals surface area contributed by atoms with Gasteiger partial charge in [0.2, 0.25) is 0 Å². The summed E-state index contributed by atoms with van der Waals surface area (Å²) >= 11 is 2.33. The van der Waals surface area contributed by atoms with Gasteiger partial charge in [-0.3, -0.25) is 4.79 Å². The molecule has 0 N–H and O–H groups in total. The molecule has 0 aliphatic carbocycles. The van der Waals surface area contributed by atoms with E-state index in [0.29, 0.717) is 12.2 Å². The second-order valence-electron chi connectivity index (χ2n) is 5.01. The molecular weight excluding hydrogens is 379 g/mol. The van der Waals surface area contributed by atoms with Gasteiger partial charge in [0.1, 0.15) is 0 Å². The molecule has 4 rings (SSSR count). The molecule has 0 spiro atoms. The predicted molar refractivity (Wildman–Crippen MR) is 86.2 cm³/mol. The number of furan rings is 1. The van der Waals surface area contributed by atoms with Gasteiger partial charge in [-0.25, -0.2) is 4.98 Å². The maximum atomic E-state index is 12.4. The number of carbonyl (C=O) groups is 1. The second kappa shape index (κ2) is 4.84. The Morgan fingerprint density at radius 3 is 3.05 bits per heavy atom. The van der Waals surface area contributed by atoms with E-state index < -0.39 is 0 Å². The van der Waals surface area contributed by atoms with E-state index in [9.17, 15) is 4.79 Å². The summed E-state index contributed by atoms with van der Waals surface area (Å²) in [5.41, 5.74) is 3.44. The van der Waals surface area contributed by atoms with Gasteiger partial charge in [-0.15, -0.1) is 0 Å². The molecule has 0 radical (unpaired) electrons. The van der Waals surface area contributed by atoms with E-state index in [2.05, 4.69) is 44.3 Å². The maximum Gasteiger partial charge on any atom is 0.200 e. The number of aromatic nitrogens is 2. The highest BCUT2D eigenvalue weighted by molar-refractivity contribution is 14.1. The Labute approximate surface area is 134 Å². The van der Waals surface area contributed by atoms with Crippen molar-refractivity contribution in [3.8, 4) is 11.3 Å². The maximum absolute atomic E-state index is 12.4. The average Bonchev–Trinajstić information content (AvgIpc) is 3.18. The summed E-state index contributed by atoms with van der Waals surface area (Å²) in [7, 11) is 0. The summed E-state index contributed by atoms with van der Waals surface area (Å²) in [6, 6.07) is 9.63. The van der Waals surface area contributed by atoms with E-state index >= 15 is 0 Å². The number of hydrogen-bond donors (Lipinski definition) is 0. The lowest BCUT2D eigenvalue weighted by Crippen LogP contribution is -2.12. The van der Waals surface area contributed by atoms with Crippen molar-refractivity contribution in [3.05, 3.63) is 64.0 Å². The first-order valence-corrected chi connectivity index (χ1v) is 7.71. The minimum Gasteiger partial charge on any atom is -0.461 e. The molecule has 0 amide bonds. The first kappa shape index (κ1) is 12.8. The quantitative estimate of drug-likeness (QED) is 0.503. The molecule has 1 aliphatic rings. The van der Waals surface area contributed by atoms with Crippen molar-refractivity contribution in [2.45, 2.75) is 12.5 Å². The van der Waals surface area contributed by atoms with Gasteiger partial charge in [0, 0.05) is 15.6 Å². The number of ketones is 1. The van der Waals surface area contributed by atoms with Crippen molar-refractivity contribution in [3.63, 3.8) is 0 Å². The molecule has 3 heterocycles. The minimum absolute atomic E-state index is 0.0109. The molecule has 1 aromatic carbocycles. The predicted octanol–water partition coefficient (Wildman–Crippen LogP) is 3.92. The van der Waals surface area contributed by atoms with Gasteiger partial charge in [0.05, 0.1) is 30.5 Å². The highest BCUT2D eigenvalue weighted by Gasteiger charge is 2.32. The van der Waals surface area contributed by atoms with Crippen LogP contribution in [-0.2, 0) is 0 Å². The van der Waals surface area contributed by atoms with Crippen LogP contribution >= 0.6 is 22.6 Å². The zero-order valence-electron chi connectivity index (χ0n) is 11.0. The van der Waals surface area contributed by atoms with Crippen LogP contribution < -0.4 is 0 Å². The Kier molecular flexibility index (Phi) is 2.95. The number of hydrogen-bond acceptors (Lipinski definition) is 3. The van der Waals surface area contributed by atoms with Crippen molar-refractivity contribution < 1.29 is 9.21 Å². The van der Waals surface area contributed by atoms with Crippen molar-refractivity contribution in [2.24, 2.45) is 0 Å². The second-order valence-corrected chi connectivity index (χ2v) is 6.17. The third kappa shape index (κ3) is 1.95. The number of fused-ring (bicyclic) bond motifs is 3. The zero-order valence-corrected chi connectivity index (χ0v) is 13.1. The number of carbonyl (C=O) groups excluding carboxylic acids is 1. The van der Waals surface area contributed by atoms with Crippen LogP contribution in [0.3, 0.4) is 0 Å². The van der Waals surface area contributed by atoms with Crippen LogP contribution in [0.15, 0.2) is 53.5 Å². The van der Waals surface area contributed by atoms with Gasteiger partial charge >= 0.3 is 0 Å². The van der Waals surface area contributed by atoms with Gasteiger partial charge in [0.15, 0.2) is 11.5 Å². The molecule has 5 heteroatoms. The Hall–Kier alpha value is -1.89. The summed E-state index contributed by atoms with van der Waals surface area (Å²) in [5, 5.41) is 0. The number of Topliss-reactive ketones (excluding diaryl/α,β-unsaturated/α-hetero) is 1. The summed E-state index contributed by atoms with van der Waals surface area (Å²) in [6.07, 6.45) is 5.56. The van der Waals surface area contributed by atoms with E-state index in [-0.39, 0.29) is 11.8 Å². The molecule has 1 atom stereocenters. The smallest absolute Gasteiger partial charge is 0.200 e. The molecule has 1 unspecified atom stereocenters. The van der Waals surface area contributed by atoms with Crippen LogP contribution in [0.4, 0.5) is 0 Å². The largest absolute Gasteiger partial charge is 0.461 e. The van der Waals surface area contributed by atoms with Crippen LogP contribution in [-0.4, -0.2) is 15.3 Å². The topological polar surface area (TPSA) is 48.0 Å². The average molecular weight is 390 g/mol. The fourth-order valence-electron chi connectivity index (χ4n) is 2.91. The highest BCUT2D eigenvalue weighted by Crippen LogP contribution is 2.43. The highest BCUT2D eigenvalue weighted by atomic mass is 127. The van der Waals surface area contributed by atoms with E-state index in [1.165, 1.54) is 15.4 Å². The Morgan fingerprint density at radius 1 is 1.33 bits per heavy atom. The first-order valence-electron chi connectivity index (χ1n) is 6.63. The SMILES string of the molecule is O=C(CC1c2c(I)cccc2-c2cncn21)c1ccco1. The van der Waals surface area contributed by atoms with E-state index in [0.717, 1.165) is 11.3 Å². The molecule has 21 heavy (non-hydrogen) atoms. The lowest BCUT2D eigenvalue weighted by Gasteiger charge is -2.14. The Morgan fingerprint density at radius 2 is 2.24 bits per heavy atom. The number of nitrogens with zero attached hydrogens (tertiary/aromatic N) is 2. The van der Waals surface area contributed by atoms with Gasteiger partial charge in [-0.2, -0.15) is 0 Å². The third-order valence-corrected chi connectivity index (χ3v) is 4.78. The summed E-state index contributed by atoms with van der Waals surface area (Å²) < 4.78 is 8.47. The normalized spacial score (nSPS) is 15.8. The van der Waals surface area contributed by atoms with Gasteiger partial charge in [-0.1, -0.05) is 12.1 Å². The van der Waals surface area contributed by atoms with Crippen molar-refractivity contribution in [2.75, 3.05) is 0 Å².